The van der Waals surface area contributed by atoms with Crippen molar-refractivity contribution in [3.63, 3.8) is 0 Å². The van der Waals surface area contributed by atoms with E-state index >= 15 is 0 Å². The second-order valence-electron chi connectivity index (χ2n) is 16.5. The predicted molar refractivity (Wildman–Crippen MR) is 215 cm³/mol. The molecule has 0 amide bonds. The van der Waals surface area contributed by atoms with Crippen LogP contribution < -0.4 is 0 Å². The molecule has 0 aromatic rings. The van der Waals surface area contributed by atoms with Crippen LogP contribution >= 0.6 is 0 Å². The molecular formula is C45H74O12. The first-order valence-electron chi connectivity index (χ1n) is 22.3. The van der Waals surface area contributed by atoms with Gasteiger partial charge in [-0.25, -0.2) is 4.79 Å². The standard InChI is InChI=1S/C45H74O12/c1-7-8-9-16-20-37(52-32(3)46)22-18-23-39(54-34(5)48)41-26-28-43(56-41)44-29-27-42(57-44)40(55-35(6)49)25-24-38(53-33(4)47)21-17-14-12-10-11-13-15-19-36-30-31(2)51-45(36)50/h30-31,37-44H,7-29H2,1-6H3/t31?,37-,38+,39-,40+,41+,42+,43-,44+/m1/s1. The second-order valence-corrected chi connectivity index (χ2v) is 16.5. The van der Waals surface area contributed by atoms with Crippen LogP contribution in [0.4, 0.5) is 0 Å². The maximum atomic E-state index is 12.2. The minimum absolute atomic E-state index is 0.108. The molecule has 9 atom stereocenters. The first-order valence-corrected chi connectivity index (χ1v) is 22.3. The number of cyclic esters (lactones) is 1. The van der Waals surface area contributed by atoms with Crippen molar-refractivity contribution in [1.82, 2.24) is 0 Å². The SMILES string of the molecule is CCCCCC[C@H](CCC[C@@H](OC(C)=O)[C@@H]1CC[C@H]([C@@H]2CC[C@@H]([C@H](CC[C@H](CCCCCCCCCC3=CC(C)OC3=O)OC(C)=O)OC(C)=O)O2)O1)OC(C)=O. The Labute approximate surface area is 342 Å². The van der Waals surface area contributed by atoms with Gasteiger partial charge < -0.3 is 33.2 Å². The Kier molecular flexibility index (Phi) is 22.8. The highest BCUT2D eigenvalue weighted by molar-refractivity contribution is 5.90. The van der Waals surface area contributed by atoms with Gasteiger partial charge in [0.15, 0.2) is 0 Å². The van der Waals surface area contributed by atoms with Gasteiger partial charge in [-0.3, -0.25) is 19.2 Å². The maximum absolute atomic E-state index is 12.2. The summed E-state index contributed by atoms with van der Waals surface area (Å²) in [4.78, 5) is 59.8. The van der Waals surface area contributed by atoms with Crippen LogP contribution in [0.25, 0.3) is 0 Å². The van der Waals surface area contributed by atoms with Crippen molar-refractivity contribution in [3.05, 3.63) is 11.6 Å². The van der Waals surface area contributed by atoms with E-state index in [9.17, 15) is 24.0 Å². The summed E-state index contributed by atoms with van der Waals surface area (Å²) in [5.74, 6) is -1.48. The van der Waals surface area contributed by atoms with Gasteiger partial charge in [-0.05, 0) is 109 Å². The van der Waals surface area contributed by atoms with Crippen LogP contribution in [0.1, 0.15) is 189 Å². The quantitative estimate of drug-likeness (QED) is 0.0403. The fourth-order valence-electron chi connectivity index (χ4n) is 8.62. The summed E-state index contributed by atoms with van der Waals surface area (Å²) in [7, 11) is 0. The van der Waals surface area contributed by atoms with E-state index in [4.69, 9.17) is 33.2 Å². The minimum atomic E-state index is -0.464. The Balaban J connectivity index is 1.42. The van der Waals surface area contributed by atoms with Gasteiger partial charge >= 0.3 is 29.8 Å². The maximum Gasteiger partial charge on any atom is 0.334 e. The molecule has 0 aliphatic carbocycles. The number of esters is 5. The van der Waals surface area contributed by atoms with E-state index in [0.717, 1.165) is 121 Å². The van der Waals surface area contributed by atoms with Crippen LogP contribution in [0.2, 0.25) is 0 Å². The van der Waals surface area contributed by atoms with Crippen LogP contribution in [0, 0.1) is 0 Å². The Morgan fingerprint density at radius 2 is 1.04 bits per heavy atom. The highest BCUT2D eigenvalue weighted by Gasteiger charge is 2.43. The molecular weight excluding hydrogens is 732 g/mol. The highest BCUT2D eigenvalue weighted by atomic mass is 16.6. The van der Waals surface area contributed by atoms with Gasteiger partial charge in [-0.15, -0.1) is 0 Å². The van der Waals surface area contributed by atoms with Crippen LogP contribution in [0.3, 0.4) is 0 Å². The van der Waals surface area contributed by atoms with Crippen molar-refractivity contribution in [2.24, 2.45) is 0 Å². The third kappa shape index (κ3) is 19.5. The Bertz CT molecular complexity index is 1260. The fraction of sp³-hybridized carbons (Fsp3) is 0.844. The molecule has 3 heterocycles. The van der Waals surface area contributed by atoms with E-state index in [0.29, 0.717) is 25.7 Å². The van der Waals surface area contributed by atoms with Gasteiger partial charge in [0, 0.05) is 33.3 Å². The summed E-state index contributed by atoms with van der Waals surface area (Å²) in [6.07, 6.45) is 20.0. The Hall–Kier alpha value is -2.99. The number of hydrogen-bond acceptors (Lipinski definition) is 12. The second kappa shape index (κ2) is 26.9. The van der Waals surface area contributed by atoms with Crippen LogP contribution in [-0.4, -0.2) is 84.8 Å². The van der Waals surface area contributed by atoms with E-state index < -0.39 is 12.2 Å². The molecule has 0 bridgehead atoms. The number of carbonyl (C=O) groups excluding carboxylic acids is 5. The van der Waals surface area contributed by atoms with Gasteiger partial charge in [0.2, 0.25) is 0 Å². The summed E-state index contributed by atoms with van der Waals surface area (Å²) in [5, 5.41) is 0. The molecule has 3 aliphatic rings. The predicted octanol–water partition coefficient (Wildman–Crippen LogP) is 9.11. The number of hydrogen-bond donors (Lipinski definition) is 0. The lowest BCUT2D eigenvalue weighted by Gasteiger charge is -2.28. The van der Waals surface area contributed by atoms with Crippen LogP contribution in [-0.2, 0) is 57.1 Å². The van der Waals surface area contributed by atoms with Crippen molar-refractivity contribution < 1.29 is 57.1 Å². The van der Waals surface area contributed by atoms with Crippen molar-refractivity contribution in [1.29, 1.82) is 0 Å². The molecule has 326 valence electrons. The molecule has 0 N–H and O–H groups in total. The molecule has 3 rings (SSSR count). The first kappa shape index (κ1) is 48.4. The first-order chi connectivity index (χ1) is 27.3. The summed E-state index contributed by atoms with van der Waals surface area (Å²) < 4.78 is 41.1. The van der Waals surface area contributed by atoms with E-state index in [1.165, 1.54) is 34.1 Å². The third-order valence-electron chi connectivity index (χ3n) is 11.3. The van der Waals surface area contributed by atoms with E-state index in [2.05, 4.69) is 6.92 Å². The van der Waals surface area contributed by atoms with Gasteiger partial charge in [0.05, 0.1) is 24.4 Å². The van der Waals surface area contributed by atoms with Crippen LogP contribution in [0.15, 0.2) is 11.6 Å². The van der Waals surface area contributed by atoms with Crippen molar-refractivity contribution >= 4 is 29.8 Å². The molecule has 2 fully saturated rings. The monoisotopic (exact) mass is 807 g/mol. The van der Waals surface area contributed by atoms with Crippen molar-refractivity contribution in [2.75, 3.05) is 0 Å². The largest absolute Gasteiger partial charge is 0.463 e. The zero-order valence-corrected chi connectivity index (χ0v) is 35.9. The van der Waals surface area contributed by atoms with Crippen molar-refractivity contribution in [2.45, 2.75) is 244 Å². The third-order valence-corrected chi connectivity index (χ3v) is 11.3. The van der Waals surface area contributed by atoms with E-state index in [1.807, 2.05) is 13.0 Å². The smallest absolute Gasteiger partial charge is 0.334 e. The number of rotatable bonds is 29. The van der Waals surface area contributed by atoms with Gasteiger partial charge in [0.1, 0.15) is 30.5 Å². The molecule has 57 heavy (non-hydrogen) atoms. The molecule has 0 saturated carbocycles. The minimum Gasteiger partial charge on any atom is -0.463 e. The Morgan fingerprint density at radius 1 is 0.579 bits per heavy atom. The molecule has 2 saturated heterocycles. The normalized spacial score (nSPS) is 23.9. The number of unbranched alkanes of at least 4 members (excludes halogenated alkanes) is 9. The summed E-state index contributed by atoms with van der Waals surface area (Å²) in [5.41, 5.74) is 0.806. The zero-order chi connectivity index (χ0) is 41.6. The molecule has 12 heteroatoms. The summed E-state index contributed by atoms with van der Waals surface area (Å²) >= 11 is 0. The highest BCUT2D eigenvalue weighted by Crippen LogP contribution is 2.36. The molecule has 0 aromatic heterocycles. The van der Waals surface area contributed by atoms with Gasteiger partial charge in [0.25, 0.3) is 0 Å². The van der Waals surface area contributed by atoms with E-state index in [1.54, 1.807) is 0 Å². The average molecular weight is 807 g/mol. The lowest BCUT2D eigenvalue weighted by atomic mass is 9.98. The zero-order valence-electron chi connectivity index (χ0n) is 35.9. The van der Waals surface area contributed by atoms with Crippen molar-refractivity contribution in [3.8, 4) is 0 Å². The average Bonchev–Trinajstić information content (AvgIpc) is 3.90. The molecule has 0 radical (unpaired) electrons. The summed E-state index contributed by atoms with van der Waals surface area (Å²) in [6, 6.07) is 0. The van der Waals surface area contributed by atoms with Crippen LogP contribution in [0.5, 0.6) is 0 Å². The van der Waals surface area contributed by atoms with E-state index in [-0.39, 0.29) is 72.6 Å². The molecule has 12 nitrogen and oxygen atoms in total. The van der Waals surface area contributed by atoms with Gasteiger partial charge in [-0.1, -0.05) is 58.3 Å². The molecule has 0 spiro atoms. The molecule has 0 aromatic carbocycles. The molecule has 1 unspecified atom stereocenters. The lowest BCUT2D eigenvalue weighted by Crippen LogP contribution is -2.36. The fourth-order valence-corrected chi connectivity index (χ4v) is 8.62. The number of ether oxygens (including phenoxy) is 7. The number of carbonyl (C=O) groups is 5. The topological polar surface area (TPSA) is 150 Å². The van der Waals surface area contributed by atoms with Gasteiger partial charge in [-0.2, -0.15) is 0 Å². The lowest BCUT2D eigenvalue weighted by molar-refractivity contribution is -0.165. The molecule has 3 aliphatic heterocycles. The summed E-state index contributed by atoms with van der Waals surface area (Å²) in [6.45, 7) is 9.76. The Morgan fingerprint density at radius 3 is 1.53 bits per heavy atom.